The predicted molar refractivity (Wildman–Crippen MR) is 166 cm³/mol. The minimum Gasteiger partial charge on any atom is -0.261 e. The average molecular weight is 562 g/mol. The molecular weight excluding hydrogens is 538 g/mol. The zero-order valence-electron chi connectivity index (χ0n) is 22.3. The lowest BCUT2D eigenvalue weighted by Crippen LogP contribution is -2.10. The normalized spacial score (nSPS) is 15.5. The second-order valence-electron chi connectivity index (χ2n) is 9.99. The zero-order valence-corrected chi connectivity index (χ0v) is 23.1. The van der Waals surface area contributed by atoms with Crippen LogP contribution in [0, 0.1) is 0 Å². The molecule has 0 saturated heterocycles. The molecule has 1 unspecified atom stereocenters. The number of para-hydroxylation sites is 1. The Hall–Kier alpha value is -5.40. The van der Waals surface area contributed by atoms with Gasteiger partial charge in [-0.1, -0.05) is 115 Å². The summed E-state index contributed by atoms with van der Waals surface area (Å²) in [5.41, 5.74) is 4.44. The van der Waals surface area contributed by atoms with Gasteiger partial charge in [0.2, 0.25) is 5.95 Å². The van der Waals surface area contributed by atoms with Crippen LogP contribution in [-0.4, -0.2) is 23.7 Å². The van der Waals surface area contributed by atoms with Crippen LogP contribution < -0.4 is 0 Å². The van der Waals surface area contributed by atoms with Crippen molar-refractivity contribution in [3.63, 3.8) is 0 Å². The summed E-state index contributed by atoms with van der Waals surface area (Å²) in [5.74, 6) is 2.07. The lowest BCUT2D eigenvalue weighted by molar-refractivity contribution is 0.676. The second kappa shape index (κ2) is 9.61. The van der Waals surface area contributed by atoms with E-state index < -0.39 is 9.73 Å². The molecule has 3 heterocycles. The van der Waals surface area contributed by atoms with Crippen LogP contribution in [0.4, 0.5) is 5.82 Å². The van der Waals surface area contributed by atoms with Crippen LogP contribution in [0.2, 0.25) is 0 Å². The van der Waals surface area contributed by atoms with Gasteiger partial charge < -0.3 is 0 Å². The molecule has 7 heteroatoms. The maximum atomic E-state index is 15.0. The molecule has 0 N–H and O–H groups in total. The first-order valence-corrected chi connectivity index (χ1v) is 15.1. The number of benzene rings is 5. The highest BCUT2D eigenvalue weighted by Gasteiger charge is 2.32. The molecule has 0 amide bonds. The molecule has 5 aromatic carbocycles. The van der Waals surface area contributed by atoms with Gasteiger partial charge in [0.25, 0.3) is 0 Å². The minimum atomic E-state index is -3.01. The Morgan fingerprint density at radius 1 is 0.548 bits per heavy atom. The topological polar surface area (TPSA) is 73.0 Å². The standard InChI is InChI=1S/C35H23N5OS/c41-42(26-18-8-3-9-19-26)30-23-13-11-21-28(30)31-27-20-10-12-22-29(27)40(34(31)39-42)35-37-32(24-14-4-1-5-15-24)36-33(38-35)25-16-6-2-7-17-25/h1-23H. The molecule has 200 valence electrons. The first kappa shape index (κ1) is 24.4. The fourth-order valence-corrected chi connectivity index (χ4v) is 7.68. The van der Waals surface area contributed by atoms with Gasteiger partial charge in [-0.2, -0.15) is 14.3 Å². The fraction of sp³-hybridized carbons (Fsp3) is 0. The van der Waals surface area contributed by atoms with E-state index in [4.69, 9.17) is 19.3 Å². The van der Waals surface area contributed by atoms with Crippen molar-refractivity contribution in [3.05, 3.63) is 140 Å². The van der Waals surface area contributed by atoms with Gasteiger partial charge >= 0.3 is 0 Å². The molecule has 6 nitrogen and oxygen atoms in total. The van der Waals surface area contributed by atoms with Crippen molar-refractivity contribution >= 4 is 26.4 Å². The second-order valence-corrected chi connectivity index (χ2v) is 12.1. The summed E-state index contributed by atoms with van der Waals surface area (Å²) in [7, 11) is -3.01. The monoisotopic (exact) mass is 561 g/mol. The van der Waals surface area contributed by atoms with Gasteiger partial charge in [0, 0.05) is 27.6 Å². The van der Waals surface area contributed by atoms with Crippen LogP contribution in [0.15, 0.2) is 154 Å². The van der Waals surface area contributed by atoms with Crippen molar-refractivity contribution in [2.75, 3.05) is 0 Å². The summed E-state index contributed by atoms with van der Waals surface area (Å²) in [6.07, 6.45) is 0. The lowest BCUT2D eigenvalue weighted by Gasteiger charge is -2.21. The fourth-order valence-electron chi connectivity index (χ4n) is 5.55. The van der Waals surface area contributed by atoms with Crippen molar-refractivity contribution in [1.82, 2.24) is 19.5 Å². The molecular formula is C35H23N5OS. The third-order valence-corrected chi connectivity index (χ3v) is 9.76. The summed E-state index contributed by atoms with van der Waals surface area (Å²) >= 11 is 0. The third-order valence-electron chi connectivity index (χ3n) is 7.47. The molecule has 1 aliphatic rings. The predicted octanol–water partition coefficient (Wildman–Crippen LogP) is 8.35. The average Bonchev–Trinajstić information content (AvgIpc) is 3.39. The number of hydrogen-bond donors (Lipinski definition) is 0. The maximum Gasteiger partial charge on any atom is 0.240 e. The smallest absolute Gasteiger partial charge is 0.240 e. The summed E-state index contributed by atoms with van der Waals surface area (Å²) in [4.78, 5) is 16.2. The van der Waals surface area contributed by atoms with Crippen LogP contribution in [0.3, 0.4) is 0 Å². The highest BCUT2D eigenvalue weighted by Crippen LogP contribution is 2.49. The number of aromatic nitrogens is 4. The van der Waals surface area contributed by atoms with Gasteiger partial charge in [0.15, 0.2) is 17.5 Å². The lowest BCUT2D eigenvalue weighted by atomic mass is 10.0. The van der Waals surface area contributed by atoms with Crippen molar-refractivity contribution in [2.45, 2.75) is 9.79 Å². The number of nitrogens with zero attached hydrogens (tertiary/aromatic N) is 5. The zero-order chi connectivity index (χ0) is 28.1. The van der Waals surface area contributed by atoms with Crippen LogP contribution in [0.1, 0.15) is 0 Å². The molecule has 0 aliphatic carbocycles. The molecule has 0 saturated carbocycles. The van der Waals surface area contributed by atoms with E-state index in [2.05, 4.69) is 6.07 Å². The van der Waals surface area contributed by atoms with Crippen LogP contribution in [0.5, 0.6) is 0 Å². The van der Waals surface area contributed by atoms with Gasteiger partial charge in [0.05, 0.1) is 15.3 Å². The quantitative estimate of drug-likeness (QED) is 0.216. The molecule has 1 atom stereocenters. The Morgan fingerprint density at radius 2 is 1.10 bits per heavy atom. The van der Waals surface area contributed by atoms with Gasteiger partial charge in [-0.15, -0.1) is 0 Å². The SMILES string of the molecule is O=S1(c2ccccc2)=Nc2c(c3ccccc3n2-c2nc(-c3ccccc3)nc(-c3ccccc3)n2)-c2ccccc21. The molecule has 0 bridgehead atoms. The summed E-state index contributed by atoms with van der Waals surface area (Å²) in [5, 5.41) is 0.987. The van der Waals surface area contributed by atoms with Crippen LogP contribution in [0.25, 0.3) is 50.8 Å². The van der Waals surface area contributed by atoms with Crippen LogP contribution >= 0.6 is 0 Å². The van der Waals surface area contributed by atoms with Crippen molar-refractivity contribution in [3.8, 4) is 39.9 Å². The maximum absolute atomic E-state index is 15.0. The van der Waals surface area contributed by atoms with E-state index in [0.717, 1.165) is 33.2 Å². The largest absolute Gasteiger partial charge is 0.261 e. The Labute approximate surface area is 243 Å². The van der Waals surface area contributed by atoms with Crippen LogP contribution in [-0.2, 0) is 9.73 Å². The van der Waals surface area contributed by atoms with Gasteiger partial charge in [-0.25, -0.2) is 9.19 Å². The molecule has 0 radical (unpaired) electrons. The molecule has 42 heavy (non-hydrogen) atoms. The Morgan fingerprint density at radius 3 is 1.76 bits per heavy atom. The van der Waals surface area contributed by atoms with Crippen molar-refractivity contribution < 1.29 is 4.21 Å². The number of rotatable bonds is 4. The van der Waals surface area contributed by atoms with E-state index in [1.54, 1.807) is 0 Å². The molecule has 2 aromatic heterocycles. The van der Waals surface area contributed by atoms with Crippen molar-refractivity contribution in [2.24, 2.45) is 4.36 Å². The number of hydrogen-bond acceptors (Lipinski definition) is 5. The first-order valence-electron chi connectivity index (χ1n) is 13.6. The molecule has 8 rings (SSSR count). The molecule has 0 spiro atoms. The third kappa shape index (κ3) is 3.78. The molecule has 0 fully saturated rings. The number of fused-ring (bicyclic) bond motifs is 5. The Kier molecular flexibility index (Phi) is 5.58. The van der Waals surface area contributed by atoms with Gasteiger partial charge in [0.1, 0.15) is 9.73 Å². The summed E-state index contributed by atoms with van der Waals surface area (Å²) in [6.45, 7) is 0. The van der Waals surface area contributed by atoms with E-state index in [-0.39, 0.29) is 0 Å². The van der Waals surface area contributed by atoms with Crippen molar-refractivity contribution in [1.29, 1.82) is 0 Å². The van der Waals surface area contributed by atoms with E-state index in [0.29, 0.717) is 33.2 Å². The summed E-state index contributed by atoms with van der Waals surface area (Å²) in [6, 6.07) is 45.2. The van der Waals surface area contributed by atoms with Gasteiger partial charge in [-0.05, 0) is 24.3 Å². The highest BCUT2D eigenvalue weighted by molar-refractivity contribution is 7.94. The highest BCUT2D eigenvalue weighted by atomic mass is 32.2. The van der Waals surface area contributed by atoms with E-state index >= 15 is 0 Å². The molecule has 1 aliphatic heterocycles. The van der Waals surface area contributed by atoms with E-state index in [1.165, 1.54) is 0 Å². The van der Waals surface area contributed by atoms with Gasteiger partial charge in [-0.3, -0.25) is 4.57 Å². The Balaban J connectivity index is 1.50. The molecule has 7 aromatic rings. The Bertz CT molecular complexity index is 2180. The minimum absolute atomic E-state index is 0.415. The van der Waals surface area contributed by atoms with E-state index in [1.807, 2.05) is 138 Å². The summed E-state index contributed by atoms with van der Waals surface area (Å²) < 4.78 is 22.0. The first-order chi connectivity index (χ1) is 20.7. The van der Waals surface area contributed by atoms with E-state index in [9.17, 15) is 4.21 Å².